The van der Waals surface area contributed by atoms with E-state index in [2.05, 4.69) is 10.3 Å². The highest BCUT2D eigenvalue weighted by Gasteiger charge is 2.28. The smallest absolute Gasteiger partial charge is 0.317 e. The summed E-state index contributed by atoms with van der Waals surface area (Å²) >= 11 is 0. The van der Waals surface area contributed by atoms with Crippen molar-refractivity contribution in [3.05, 3.63) is 79.0 Å². The van der Waals surface area contributed by atoms with E-state index in [4.69, 9.17) is 0 Å². The Labute approximate surface area is 151 Å². The summed E-state index contributed by atoms with van der Waals surface area (Å²) < 4.78 is 2.91. The molecule has 0 radical (unpaired) electrons. The van der Waals surface area contributed by atoms with E-state index >= 15 is 0 Å². The van der Waals surface area contributed by atoms with Gasteiger partial charge < -0.3 is 5.32 Å². The molecule has 27 heavy (non-hydrogen) atoms. The largest absolute Gasteiger partial charge is 0.338 e. The fraction of sp³-hybridized carbons (Fsp3) is 0.125. The maximum atomic E-state index is 12.9. The van der Waals surface area contributed by atoms with Crippen molar-refractivity contribution in [2.45, 2.75) is 6.92 Å². The second-order valence-electron chi connectivity index (χ2n) is 5.63. The molecule has 0 bridgehead atoms. The summed E-state index contributed by atoms with van der Waals surface area (Å²) in [5.74, 6) is 0. The molecular weight excluding hydrogens is 356 g/mol. The van der Waals surface area contributed by atoms with E-state index in [-0.39, 0.29) is 5.69 Å². The average molecular weight is 370 g/mol. The zero-order chi connectivity index (χ0) is 19.7. The van der Waals surface area contributed by atoms with Gasteiger partial charge in [-0.2, -0.15) is 0 Å². The van der Waals surface area contributed by atoms with Crippen LogP contribution in [0.1, 0.15) is 5.69 Å². The van der Waals surface area contributed by atoms with Crippen molar-refractivity contribution >= 4 is 22.7 Å². The van der Waals surface area contributed by atoms with Crippen molar-refractivity contribution in [2.75, 3.05) is 5.32 Å². The summed E-state index contributed by atoms with van der Waals surface area (Å²) in [6, 6.07) is 8.77. The van der Waals surface area contributed by atoms with Crippen LogP contribution in [0.2, 0.25) is 0 Å². The standard InChI is InChI=1S/C16H14N6O5/c1-10-14(16(23)20(19(10)2)11-6-4-3-5-7-11)18-15-12(21(24)25)8-17-9-13(15)22(26)27/h3-9H,1-2H3,(H,17,18). The first kappa shape index (κ1) is 17.8. The van der Waals surface area contributed by atoms with E-state index in [1.54, 1.807) is 49.0 Å². The lowest BCUT2D eigenvalue weighted by Crippen LogP contribution is -2.20. The molecule has 1 aromatic carbocycles. The van der Waals surface area contributed by atoms with Crippen molar-refractivity contribution in [3.8, 4) is 5.69 Å². The first-order valence-electron chi connectivity index (χ1n) is 7.70. The number of hydrogen-bond acceptors (Lipinski definition) is 7. The Kier molecular flexibility index (Phi) is 4.42. The van der Waals surface area contributed by atoms with Gasteiger partial charge in [-0.05, 0) is 19.1 Å². The van der Waals surface area contributed by atoms with E-state index in [0.717, 1.165) is 12.4 Å². The van der Waals surface area contributed by atoms with Gasteiger partial charge in [-0.15, -0.1) is 0 Å². The van der Waals surface area contributed by atoms with Crippen LogP contribution in [0, 0.1) is 27.2 Å². The minimum atomic E-state index is -0.795. The van der Waals surface area contributed by atoms with E-state index in [0.29, 0.717) is 11.4 Å². The van der Waals surface area contributed by atoms with Crippen molar-refractivity contribution in [1.29, 1.82) is 0 Å². The normalized spacial score (nSPS) is 10.6. The van der Waals surface area contributed by atoms with Crippen LogP contribution in [0.5, 0.6) is 0 Å². The Hall–Kier alpha value is -4.02. The van der Waals surface area contributed by atoms with Gasteiger partial charge in [0.1, 0.15) is 18.1 Å². The highest BCUT2D eigenvalue weighted by Crippen LogP contribution is 2.35. The average Bonchev–Trinajstić information content (AvgIpc) is 2.85. The van der Waals surface area contributed by atoms with Crippen LogP contribution in [0.3, 0.4) is 0 Å². The molecule has 0 saturated heterocycles. The lowest BCUT2D eigenvalue weighted by atomic mass is 10.2. The van der Waals surface area contributed by atoms with Gasteiger partial charge >= 0.3 is 11.4 Å². The fourth-order valence-corrected chi connectivity index (χ4v) is 2.68. The lowest BCUT2D eigenvalue weighted by Gasteiger charge is -2.07. The summed E-state index contributed by atoms with van der Waals surface area (Å²) in [4.78, 5) is 37.4. The number of nitrogens with one attached hydrogen (secondary N) is 1. The SMILES string of the molecule is Cc1c(Nc2c([N+](=O)[O-])cncc2[N+](=O)[O-])c(=O)n(-c2ccccc2)n1C. The van der Waals surface area contributed by atoms with Gasteiger partial charge in [-0.25, -0.2) is 4.68 Å². The maximum Gasteiger partial charge on any atom is 0.317 e. The predicted octanol–water partition coefficient (Wildman–Crippen LogP) is 2.44. The molecular formula is C16H14N6O5. The Morgan fingerprint density at radius 2 is 1.56 bits per heavy atom. The summed E-state index contributed by atoms with van der Waals surface area (Å²) in [6.45, 7) is 1.63. The third-order valence-corrected chi connectivity index (χ3v) is 4.10. The monoisotopic (exact) mass is 370 g/mol. The van der Waals surface area contributed by atoms with Gasteiger partial charge in [0.15, 0.2) is 5.69 Å². The molecule has 0 atom stereocenters. The molecule has 0 unspecified atom stereocenters. The van der Waals surface area contributed by atoms with Crippen molar-refractivity contribution in [2.24, 2.45) is 7.05 Å². The molecule has 1 N–H and O–H groups in total. The first-order valence-corrected chi connectivity index (χ1v) is 7.70. The van der Waals surface area contributed by atoms with Crippen molar-refractivity contribution in [3.63, 3.8) is 0 Å². The Morgan fingerprint density at radius 3 is 2.07 bits per heavy atom. The summed E-state index contributed by atoms with van der Waals surface area (Å²) in [6.07, 6.45) is 1.78. The molecule has 3 aromatic rings. The van der Waals surface area contributed by atoms with E-state index in [9.17, 15) is 25.0 Å². The van der Waals surface area contributed by atoms with E-state index in [1.165, 1.54) is 4.68 Å². The maximum absolute atomic E-state index is 12.9. The number of nitrogens with zero attached hydrogens (tertiary/aromatic N) is 5. The molecule has 2 heterocycles. The molecule has 11 nitrogen and oxygen atoms in total. The van der Waals surface area contributed by atoms with Gasteiger partial charge in [0, 0.05) is 7.05 Å². The van der Waals surface area contributed by atoms with Gasteiger partial charge in [0.25, 0.3) is 5.56 Å². The number of hydrogen-bond donors (Lipinski definition) is 1. The van der Waals surface area contributed by atoms with Crippen LogP contribution >= 0.6 is 0 Å². The summed E-state index contributed by atoms with van der Waals surface area (Å²) in [5.41, 5.74) is -1.06. The lowest BCUT2D eigenvalue weighted by molar-refractivity contribution is -0.392. The van der Waals surface area contributed by atoms with E-state index < -0.39 is 32.5 Å². The zero-order valence-electron chi connectivity index (χ0n) is 14.3. The van der Waals surface area contributed by atoms with Gasteiger partial charge in [-0.1, -0.05) is 18.2 Å². The molecule has 2 aromatic heterocycles. The van der Waals surface area contributed by atoms with Crippen LogP contribution in [-0.4, -0.2) is 24.2 Å². The molecule has 3 rings (SSSR count). The molecule has 0 aliphatic carbocycles. The highest BCUT2D eigenvalue weighted by atomic mass is 16.6. The van der Waals surface area contributed by atoms with Gasteiger partial charge in [0.05, 0.1) is 21.2 Å². The number of pyridine rings is 1. The van der Waals surface area contributed by atoms with Gasteiger partial charge in [-0.3, -0.25) is 34.7 Å². The molecule has 11 heteroatoms. The number of benzene rings is 1. The molecule has 0 fully saturated rings. The third-order valence-electron chi connectivity index (χ3n) is 4.10. The first-order chi connectivity index (χ1) is 12.8. The number of rotatable bonds is 5. The van der Waals surface area contributed by atoms with Crippen LogP contribution in [-0.2, 0) is 7.05 Å². The third kappa shape index (κ3) is 3.01. The quantitative estimate of drug-likeness (QED) is 0.537. The van der Waals surface area contributed by atoms with Gasteiger partial charge in [0.2, 0.25) is 0 Å². The predicted molar refractivity (Wildman–Crippen MR) is 96.6 cm³/mol. The van der Waals surface area contributed by atoms with Crippen LogP contribution in [0.25, 0.3) is 5.69 Å². The second-order valence-corrected chi connectivity index (χ2v) is 5.63. The molecule has 0 spiro atoms. The summed E-state index contributed by atoms with van der Waals surface area (Å²) in [7, 11) is 1.64. The molecule has 0 aliphatic rings. The minimum Gasteiger partial charge on any atom is -0.338 e. The number of aromatic nitrogens is 3. The molecule has 0 aliphatic heterocycles. The Bertz CT molecular complexity index is 1070. The molecule has 0 saturated carbocycles. The zero-order valence-corrected chi connectivity index (χ0v) is 14.3. The second kappa shape index (κ2) is 6.71. The summed E-state index contributed by atoms with van der Waals surface area (Å²) in [5, 5.41) is 25.1. The highest BCUT2D eigenvalue weighted by molar-refractivity contribution is 5.78. The molecule has 138 valence electrons. The number of nitro groups is 2. The van der Waals surface area contributed by atoms with Crippen LogP contribution in [0.15, 0.2) is 47.5 Å². The Balaban J connectivity index is 2.20. The van der Waals surface area contributed by atoms with Crippen LogP contribution < -0.4 is 10.9 Å². The number of para-hydroxylation sites is 1. The van der Waals surface area contributed by atoms with Crippen LogP contribution in [0.4, 0.5) is 22.7 Å². The van der Waals surface area contributed by atoms with Crippen molar-refractivity contribution < 1.29 is 9.85 Å². The van der Waals surface area contributed by atoms with E-state index in [1.807, 2.05) is 0 Å². The topological polar surface area (TPSA) is 138 Å². The molecule has 0 amide bonds. The minimum absolute atomic E-state index is 0.00115. The fourth-order valence-electron chi connectivity index (χ4n) is 2.68. The number of anilines is 2. The van der Waals surface area contributed by atoms with Crippen molar-refractivity contribution in [1.82, 2.24) is 14.3 Å². The Morgan fingerprint density at radius 1 is 1.00 bits per heavy atom.